The third-order valence-corrected chi connectivity index (χ3v) is 2.88. The summed E-state index contributed by atoms with van der Waals surface area (Å²) in [5, 5.41) is 18.3. The van der Waals surface area contributed by atoms with Crippen LogP contribution in [0.15, 0.2) is 0 Å². The molecule has 0 aromatic rings. The molecule has 2 nitrogen and oxygen atoms in total. The van der Waals surface area contributed by atoms with Crippen LogP contribution in [0.25, 0.3) is 0 Å². The highest BCUT2D eigenvalue weighted by atomic mass is 16.3. The highest BCUT2D eigenvalue weighted by Gasteiger charge is 2.33. The van der Waals surface area contributed by atoms with Crippen LogP contribution in [0.2, 0.25) is 0 Å². The molecule has 1 saturated carbocycles. The molecule has 1 aliphatic rings. The lowest BCUT2D eigenvalue weighted by atomic mass is 9.71. The van der Waals surface area contributed by atoms with Crippen molar-refractivity contribution in [3.8, 4) is 6.07 Å². The molecule has 0 aliphatic heterocycles. The summed E-state index contributed by atoms with van der Waals surface area (Å²) >= 11 is 0. The Morgan fingerprint density at radius 2 is 2.08 bits per heavy atom. The Morgan fingerprint density at radius 1 is 1.50 bits per heavy atom. The molecule has 0 radical (unpaired) electrons. The predicted octanol–water partition coefficient (Wildman–Crippen LogP) is 2.23. The fourth-order valence-electron chi connectivity index (χ4n) is 2.05. The lowest BCUT2D eigenvalue weighted by Gasteiger charge is -2.32. The molecule has 1 rings (SSSR count). The minimum Gasteiger partial charge on any atom is -0.393 e. The number of aliphatic hydroxyl groups is 1. The molecule has 0 spiro atoms. The van der Waals surface area contributed by atoms with Gasteiger partial charge in [0.15, 0.2) is 0 Å². The second-order valence-electron chi connectivity index (χ2n) is 3.87. The van der Waals surface area contributed by atoms with Gasteiger partial charge in [0.05, 0.1) is 17.6 Å². The molecule has 12 heavy (non-hydrogen) atoms. The van der Waals surface area contributed by atoms with Gasteiger partial charge in [-0.1, -0.05) is 13.3 Å². The monoisotopic (exact) mass is 167 g/mol. The van der Waals surface area contributed by atoms with Crippen LogP contribution in [0.4, 0.5) is 0 Å². The van der Waals surface area contributed by atoms with Crippen molar-refractivity contribution in [3.63, 3.8) is 0 Å². The van der Waals surface area contributed by atoms with E-state index in [0.29, 0.717) is 0 Å². The molecule has 68 valence electrons. The molecule has 2 heteroatoms. The fraction of sp³-hybridized carbons (Fsp3) is 0.900. The summed E-state index contributed by atoms with van der Waals surface area (Å²) in [6, 6.07) is 2.43. The van der Waals surface area contributed by atoms with Gasteiger partial charge in [-0.3, -0.25) is 0 Å². The van der Waals surface area contributed by atoms with E-state index in [1.54, 1.807) is 0 Å². The first-order chi connectivity index (χ1) is 5.72. The van der Waals surface area contributed by atoms with Gasteiger partial charge < -0.3 is 5.11 Å². The van der Waals surface area contributed by atoms with E-state index in [-0.39, 0.29) is 11.5 Å². The maximum absolute atomic E-state index is 9.30. The standard InChI is InChI=1S/C10H17NO/c1-2-5-10(8-11)6-3-9(12)4-7-10/h9,12H,2-7H2,1H3. The summed E-state index contributed by atoms with van der Waals surface area (Å²) in [5.74, 6) is 0. The first-order valence-corrected chi connectivity index (χ1v) is 4.82. The Kier molecular flexibility index (Phi) is 3.11. The van der Waals surface area contributed by atoms with Gasteiger partial charge in [-0.05, 0) is 32.1 Å². The zero-order chi connectivity index (χ0) is 9.03. The Labute approximate surface area is 74.2 Å². The summed E-state index contributed by atoms with van der Waals surface area (Å²) in [5.41, 5.74) is -0.103. The van der Waals surface area contributed by atoms with Crippen molar-refractivity contribution in [3.05, 3.63) is 0 Å². The maximum Gasteiger partial charge on any atom is 0.0689 e. The minimum atomic E-state index is -0.150. The van der Waals surface area contributed by atoms with Gasteiger partial charge in [0, 0.05) is 0 Å². The number of hydrogen-bond acceptors (Lipinski definition) is 2. The third-order valence-electron chi connectivity index (χ3n) is 2.88. The van der Waals surface area contributed by atoms with Crippen LogP contribution >= 0.6 is 0 Å². The normalized spacial score (nSPS) is 35.9. The molecule has 0 unspecified atom stereocenters. The van der Waals surface area contributed by atoms with Crippen molar-refractivity contribution in [1.29, 1.82) is 5.26 Å². The summed E-state index contributed by atoms with van der Waals surface area (Å²) < 4.78 is 0. The Morgan fingerprint density at radius 3 is 2.50 bits per heavy atom. The Bertz CT molecular complexity index is 175. The molecule has 0 aromatic carbocycles. The number of nitriles is 1. The van der Waals surface area contributed by atoms with E-state index in [1.807, 2.05) is 0 Å². The number of aliphatic hydroxyl groups excluding tert-OH is 1. The molecule has 0 saturated heterocycles. The number of hydrogen-bond donors (Lipinski definition) is 1. The van der Waals surface area contributed by atoms with E-state index in [0.717, 1.165) is 38.5 Å². The fourth-order valence-corrected chi connectivity index (χ4v) is 2.05. The van der Waals surface area contributed by atoms with Crippen molar-refractivity contribution < 1.29 is 5.11 Å². The molecule has 0 aromatic heterocycles. The number of rotatable bonds is 2. The van der Waals surface area contributed by atoms with Crippen molar-refractivity contribution >= 4 is 0 Å². The Hall–Kier alpha value is -0.550. The molecule has 1 fully saturated rings. The van der Waals surface area contributed by atoms with E-state index >= 15 is 0 Å². The van der Waals surface area contributed by atoms with Crippen LogP contribution in [-0.4, -0.2) is 11.2 Å². The molecule has 0 bridgehead atoms. The van der Waals surface area contributed by atoms with Gasteiger partial charge in [0.2, 0.25) is 0 Å². The van der Waals surface area contributed by atoms with Crippen LogP contribution < -0.4 is 0 Å². The van der Waals surface area contributed by atoms with Gasteiger partial charge >= 0.3 is 0 Å². The largest absolute Gasteiger partial charge is 0.393 e. The molecule has 1 aliphatic carbocycles. The van der Waals surface area contributed by atoms with Gasteiger partial charge in [-0.25, -0.2) is 0 Å². The topological polar surface area (TPSA) is 44.0 Å². The van der Waals surface area contributed by atoms with Crippen molar-refractivity contribution in [1.82, 2.24) is 0 Å². The minimum absolute atomic E-state index is 0.103. The van der Waals surface area contributed by atoms with Gasteiger partial charge in [0.1, 0.15) is 0 Å². The average Bonchev–Trinajstić information content (AvgIpc) is 2.10. The predicted molar refractivity (Wildman–Crippen MR) is 47.4 cm³/mol. The molecule has 1 N–H and O–H groups in total. The van der Waals surface area contributed by atoms with Crippen LogP contribution in [0, 0.1) is 16.7 Å². The SMILES string of the molecule is CCCC1(C#N)CCC(O)CC1. The zero-order valence-corrected chi connectivity index (χ0v) is 7.71. The molecule has 0 atom stereocenters. The smallest absolute Gasteiger partial charge is 0.0689 e. The second-order valence-corrected chi connectivity index (χ2v) is 3.87. The van der Waals surface area contributed by atoms with E-state index in [1.165, 1.54) is 0 Å². The third kappa shape index (κ3) is 1.98. The summed E-state index contributed by atoms with van der Waals surface area (Å²) in [6.07, 6.45) is 5.32. The zero-order valence-electron chi connectivity index (χ0n) is 7.71. The second kappa shape index (κ2) is 3.91. The first kappa shape index (κ1) is 9.54. The van der Waals surface area contributed by atoms with Crippen LogP contribution in [0.1, 0.15) is 45.4 Å². The van der Waals surface area contributed by atoms with Crippen LogP contribution in [-0.2, 0) is 0 Å². The average molecular weight is 167 g/mol. The van der Waals surface area contributed by atoms with Crippen LogP contribution in [0.3, 0.4) is 0 Å². The van der Waals surface area contributed by atoms with E-state index in [2.05, 4.69) is 13.0 Å². The Balaban J connectivity index is 2.52. The van der Waals surface area contributed by atoms with E-state index in [9.17, 15) is 5.11 Å². The maximum atomic E-state index is 9.30. The van der Waals surface area contributed by atoms with Gasteiger partial charge in [0.25, 0.3) is 0 Å². The molecular weight excluding hydrogens is 150 g/mol. The van der Waals surface area contributed by atoms with E-state index < -0.39 is 0 Å². The van der Waals surface area contributed by atoms with Gasteiger partial charge in [-0.2, -0.15) is 5.26 Å². The number of nitrogens with zero attached hydrogens (tertiary/aromatic N) is 1. The van der Waals surface area contributed by atoms with Crippen molar-refractivity contribution in [2.75, 3.05) is 0 Å². The molecular formula is C10H17NO. The van der Waals surface area contributed by atoms with Crippen molar-refractivity contribution in [2.45, 2.75) is 51.6 Å². The summed E-state index contributed by atoms with van der Waals surface area (Å²) in [6.45, 7) is 2.12. The van der Waals surface area contributed by atoms with E-state index in [4.69, 9.17) is 5.26 Å². The summed E-state index contributed by atoms with van der Waals surface area (Å²) in [7, 11) is 0. The van der Waals surface area contributed by atoms with Crippen molar-refractivity contribution in [2.24, 2.45) is 5.41 Å². The lowest BCUT2D eigenvalue weighted by Crippen LogP contribution is -2.28. The van der Waals surface area contributed by atoms with Crippen LogP contribution in [0.5, 0.6) is 0 Å². The molecule has 0 amide bonds. The summed E-state index contributed by atoms with van der Waals surface area (Å²) in [4.78, 5) is 0. The molecule has 0 heterocycles. The van der Waals surface area contributed by atoms with Gasteiger partial charge in [-0.15, -0.1) is 0 Å². The quantitative estimate of drug-likeness (QED) is 0.685. The first-order valence-electron chi connectivity index (χ1n) is 4.82. The lowest BCUT2D eigenvalue weighted by molar-refractivity contribution is 0.0832. The highest BCUT2D eigenvalue weighted by Crippen LogP contribution is 2.39. The highest BCUT2D eigenvalue weighted by molar-refractivity contribution is 5.01.